The third-order valence-electron chi connectivity index (χ3n) is 3.34. The molecule has 3 nitrogen and oxygen atoms in total. The average molecular weight is 340 g/mol. The molecule has 4 heteroatoms. The Morgan fingerprint density at radius 1 is 1.26 bits per heavy atom. The van der Waals surface area contributed by atoms with Crippen molar-refractivity contribution in [3.05, 3.63) is 47.1 Å². The second kappa shape index (κ2) is 5.57. The smallest absolute Gasteiger partial charge is 0.142 e. The summed E-state index contributed by atoms with van der Waals surface area (Å²) in [7, 11) is 1.44. The SMILES string of the molecule is [2H]c1c([2H])c(-c2c([2H])n(C)c3nc(C)c([2H])c(Cl)c23)c([2H])c(N2C([2H])([2H])C([2H])([2H])C([2H])([2H])C2([2H])[2H])c1[2H]. The van der Waals surface area contributed by atoms with E-state index in [-0.39, 0.29) is 44.4 Å². The van der Waals surface area contributed by atoms with Crippen LogP contribution in [0.25, 0.3) is 22.2 Å². The van der Waals surface area contributed by atoms with Crippen LogP contribution < -0.4 is 4.90 Å². The second-order valence-electron chi connectivity index (χ2n) is 4.91. The van der Waals surface area contributed by atoms with E-state index in [1.54, 1.807) is 0 Å². The van der Waals surface area contributed by atoms with Crippen molar-refractivity contribution in [1.82, 2.24) is 9.55 Å². The monoisotopic (exact) mass is 339 g/mol. The molecule has 1 aliphatic rings. The van der Waals surface area contributed by atoms with Crippen molar-refractivity contribution >= 4 is 28.3 Å². The maximum absolute atomic E-state index is 8.84. The molecule has 0 saturated carbocycles. The molecule has 0 N–H and O–H groups in total. The highest BCUT2D eigenvalue weighted by Gasteiger charge is 2.16. The minimum absolute atomic E-state index is 0.000316. The van der Waals surface area contributed by atoms with E-state index in [9.17, 15) is 0 Å². The molecule has 0 aliphatic carbocycles. The molecule has 3 heterocycles. The predicted octanol–water partition coefficient (Wildman–Crippen LogP) is 4.80. The molecule has 0 bridgehead atoms. The lowest BCUT2D eigenvalue weighted by Gasteiger charge is -2.18. The molecule has 1 fully saturated rings. The van der Waals surface area contributed by atoms with E-state index in [0.717, 1.165) is 0 Å². The van der Waals surface area contributed by atoms with Gasteiger partial charge in [-0.25, -0.2) is 4.98 Å². The normalized spacial score (nSPS) is 32.4. The summed E-state index contributed by atoms with van der Waals surface area (Å²) < 4.78 is 118. The van der Waals surface area contributed by atoms with Crippen molar-refractivity contribution in [2.45, 2.75) is 19.7 Å². The number of pyridine rings is 1. The number of nitrogens with zero attached hydrogens (tertiary/aromatic N) is 3. The van der Waals surface area contributed by atoms with Crippen LogP contribution in [0.15, 0.2) is 36.4 Å². The molecule has 4 rings (SSSR count). The Labute approximate surface area is 161 Å². The molecule has 0 radical (unpaired) electrons. The Bertz CT molecular complexity index is 1470. The molecule has 2 aromatic heterocycles. The highest BCUT2D eigenvalue weighted by Crippen LogP contribution is 2.36. The lowest BCUT2D eigenvalue weighted by molar-refractivity contribution is 0.944. The van der Waals surface area contributed by atoms with Crippen LogP contribution in [0.1, 0.15) is 37.6 Å². The van der Waals surface area contributed by atoms with E-state index < -0.39 is 61.2 Å². The van der Waals surface area contributed by atoms with Crippen LogP contribution in [0.3, 0.4) is 0 Å². The van der Waals surface area contributed by atoms with Crippen LogP contribution in [-0.2, 0) is 7.05 Å². The molecule has 1 aromatic carbocycles. The van der Waals surface area contributed by atoms with Crippen molar-refractivity contribution in [3.8, 4) is 11.1 Å². The van der Waals surface area contributed by atoms with Crippen LogP contribution in [0.4, 0.5) is 5.69 Å². The molecular weight excluding hydrogens is 306 g/mol. The molecule has 1 aliphatic heterocycles. The number of aryl methyl sites for hydroxylation is 2. The van der Waals surface area contributed by atoms with Crippen molar-refractivity contribution < 1.29 is 19.2 Å². The third kappa shape index (κ3) is 2.49. The summed E-state index contributed by atoms with van der Waals surface area (Å²) in [5.74, 6) is 0. The zero-order valence-electron chi connectivity index (χ0n) is 26.2. The third-order valence-corrected chi connectivity index (χ3v) is 3.62. The zero-order valence-corrected chi connectivity index (χ0v) is 13.0. The van der Waals surface area contributed by atoms with Crippen molar-refractivity contribution in [3.63, 3.8) is 0 Å². The first-order valence-electron chi connectivity index (χ1n) is 13.7. The Kier molecular flexibility index (Phi) is 1.41. The van der Waals surface area contributed by atoms with Gasteiger partial charge in [0.15, 0.2) is 0 Å². The summed E-state index contributed by atoms with van der Waals surface area (Å²) in [6, 6.07) is -3.73. The van der Waals surface area contributed by atoms with E-state index in [2.05, 4.69) is 4.98 Å². The van der Waals surface area contributed by atoms with Gasteiger partial charge in [-0.05, 0) is 43.4 Å². The van der Waals surface area contributed by atoms with Crippen molar-refractivity contribution in [2.24, 2.45) is 7.05 Å². The van der Waals surface area contributed by atoms with E-state index in [4.69, 9.17) is 30.8 Å². The number of rotatable bonds is 2. The standard InChI is InChI=1S/C19H20ClN3/c1-13-10-17(20)18-16(12-22(2)19(18)21-13)14-6-5-7-15(11-14)23-8-3-4-9-23/h5-7,10-12H,3-4,8-9H2,1-2H3/i3D2,4D2,5D,6D,7D,8D2,9D2,10D,11D,12D. The molecule has 3 aromatic rings. The van der Waals surface area contributed by atoms with E-state index in [1.165, 1.54) is 18.5 Å². The molecule has 118 valence electrons. The number of hydrogen-bond acceptors (Lipinski definition) is 2. The first kappa shape index (κ1) is 5.82. The summed E-state index contributed by atoms with van der Waals surface area (Å²) in [4.78, 5) is 4.26. The van der Waals surface area contributed by atoms with E-state index >= 15 is 0 Å². The van der Waals surface area contributed by atoms with Crippen LogP contribution in [0.5, 0.6) is 0 Å². The zero-order chi connectivity index (χ0) is 28.4. The fourth-order valence-electron chi connectivity index (χ4n) is 2.36. The van der Waals surface area contributed by atoms with Gasteiger partial charge in [-0.2, -0.15) is 0 Å². The fraction of sp³-hybridized carbons (Fsp3) is 0.316. The number of anilines is 1. The summed E-state index contributed by atoms with van der Waals surface area (Å²) in [5, 5.41) is -0.194. The van der Waals surface area contributed by atoms with Gasteiger partial charge in [-0.3, -0.25) is 0 Å². The predicted molar refractivity (Wildman–Crippen MR) is 97.3 cm³/mol. The highest BCUT2D eigenvalue weighted by molar-refractivity contribution is 6.36. The van der Waals surface area contributed by atoms with Gasteiger partial charge >= 0.3 is 0 Å². The number of benzene rings is 1. The molecule has 0 unspecified atom stereocenters. The van der Waals surface area contributed by atoms with Gasteiger partial charge < -0.3 is 9.47 Å². The van der Waals surface area contributed by atoms with Crippen LogP contribution in [0.2, 0.25) is 5.02 Å². The van der Waals surface area contributed by atoms with Crippen LogP contribution in [-0.4, -0.2) is 22.5 Å². The average Bonchev–Trinajstić information content (AvgIpc) is 3.06. The summed E-state index contributed by atoms with van der Waals surface area (Å²) in [5.41, 5.74) is -1.37. The van der Waals surface area contributed by atoms with Gasteiger partial charge in [0.2, 0.25) is 0 Å². The Hall–Kier alpha value is -2.00. The van der Waals surface area contributed by atoms with Gasteiger partial charge in [0, 0.05) is 59.5 Å². The molecule has 0 atom stereocenters. The Morgan fingerprint density at radius 2 is 2.04 bits per heavy atom. The molecule has 1 saturated heterocycles. The van der Waals surface area contributed by atoms with Gasteiger partial charge in [-0.15, -0.1) is 0 Å². The maximum atomic E-state index is 8.84. The minimum Gasteiger partial charge on any atom is -0.372 e. The molecule has 0 amide bonds. The van der Waals surface area contributed by atoms with Crippen molar-refractivity contribution in [1.29, 1.82) is 0 Å². The van der Waals surface area contributed by atoms with Gasteiger partial charge in [0.1, 0.15) is 5.65 Å². The van der Waals surface area contributed by atoms with Crippen molar-refractivity contribution in [2.75, 3.05) is 17.9 Å². The summed E-state index contributed by atoms with van der Waals surface area (Å²) >= 11 is 6.42. The van der Waals surface area contributed by atoms with Gasteiger partial charge in [0.25, 0.3) is 0 Å². The number of hydrogen-bond donors (Lipinski definition) is 0. The lowest BCUT2D eigenvalue weighted by Crippen LogP contribution is -2.17. The fourth-order valence-corrected chi connectivity index (χ4v) is 2.68. The quantitative estimate of drug-likeness (QED) is 0.668. The Balaban J connectivity index is 2.20. The van der Waals surface area contributed by atoms with Gasteiger partial charge in [0.05, 0.1) is 13.2 Å². The summed E-state index contributed by atoms with van der Waals surface area (Å²) in [6.07, 6.45) is -7.28. The number of fused-ring (bicyclic) bond motifs is 1. The maximum Gasteiger partial charge on any atom is 0.142 e. The highest BCUT2D eigenvalue weighted by atomic mass is 35.5. The summed E-state index contributed by atoms with van der Waals surface area (Å²) in [6.45, 7) is -5.36. The lowest BCUT2D eigenvalue weighted by atomic mass is 10.0. The molecular formula is C19H20ClN3. The van der Waals surface area contributed by atoms with E-state index in [1.807, 2.05) is 0 Å². The van der Waals surface area contributed by atoms with Crippen LogP contribution in [0, 0.1) is 6.92 Å². The largest absolute Gasteiger partial charge is 0.372 e. The first-order chi connectivity index (χ1) is 16.7. The number of aromatic nitrogens is 2. The second-order valence-corrected chi connectivity index (χ2v) is 5.29. The molecule has 23 heavy (non-hydrogen) atoms. The van der Waals surface area contributed by atoms with E-state index in [0.29, 0.717) is 0 Å². The first-order valence-corrected chi connectivity index (χ1v) is 7.08. The topological polar surface area (TPSA) is 21.1 Å². The minimum atomic E-state index is -3.46. The number of halogens is 1. The van der Waals surface area contributed by atoms with Gasteiger partial charge in [-0.1, -0.05) is 23.7 Å². The Morgan fingerprint density at radius 3 is 2.83 bits per heavy atom. The molecule has 0 spiro atoms. The van der Waals surface area contributed by atoms with Crippen LogP contribution >= 0.6 is 11.6 Å².